The summed E-state index contributed by atoms with van der Waals surface area (Å²) in [5.74, 6) is 6.25. The van der Waals surface area contributed by atoms with Crippen LogP contribution in [-0.4, -0.2) is 8.75 Å². The molecule has 0 amide bonds. The van der Waals surface area contributed by atoms with Gasteiger partial charge in [-0.25, -0.2) is 0 Å². The van der Waals surface area contributed by atoms with Gasteiger partial charge in [-0.05, 0) is 42.7 Å². The van der Waals surface area contributed by atoms with Crippen molar-refractivity contribution in [3.8, 4) is 0 Å². The van der Waals surface area contributed by atoms with Gasteiger partial charge in [-0.2, -0.15) is 8.75 Å². The first-order valence-corrected chi connectivity index (χ1v) is 7.43. The van der Waals surface area contributed by atoms with Crippen molar-refractivity contribution in [2.75, 3.05) is 0 Å². The smallest absolute Gasteiger partial charge is 0.0925 e. The summed E-state index contributed by atoms with van der Waals surface area (Å²) < 4.78 is 8.36. The second-order valence-electron chi connectivity index (χ2n) is 5.08. The third-order valence-corrected chi connectivity index (χ3v) is 4.44. The van der Waals surface area contributed by atoms with Crippen molar-refractivity contribution in [3.05, 3.63) is 47.3 Å². The molecular weight excluding hydrogens is 256 g/mol. The van der Waals surface area contributed by atoms with Crippen LogP contribution in [0.4, 0.5) is 0 Å². The van der Waals surface area contributed by atoms with Crippen LogP contribution in [-0.2, 0) is 6.42 Å². The molecule has 0 fully saturated rings. The van der Waals surface area contributed by atoms with E-state index in [2.05, 4.69) is 38.4 Å². The third-order valence-electron chi connectivity index (χ3n) is 3.95. The Hall–Kier alpha value is -1.30. The second kappa shape index (κ2) is 5.77. The van der Waals surface area contributed by atoms with Gasteiger partial charge in [-0.1, -0.05) is 24.3 Å². The Morgan fingerprint density at radius 2 is 2.32 bits per heavy atom. The molecule has 1 aliphatic carbocycles. The Labute approximate surface area is 117 Å². The molecular formula is C14H18N4S. The first-order chi connectivity index (χ1) is 9.38. The first kappa shape index (κ1) is 12.7. The molecule has 19 heavy (non-hydrogen) atoms. The van der Waals surface area contributed by atoms with Crippen LogP contribution < -0.4 is 11.3 Å². The molecule has 0 radical (unpaired) electrons. The summed E-state index contributed by atoms with van der Waals surface area (Å²) in [6.45, 7) is 0. The van der Waals surface area contributed by atoms with Crippen LogP contribution >= 0.6 is 11.7 Å². The average Bonchev–Trinajstić information content (AvgIpc) is 2.99. The van der Waals surface area contributed by atoms with Crippen molar-refractivity contribution in [1.82, 2.24) is 14.2 Å². The summed E-state index contributed by atoms with van der Waals surface area (Å²) in [7, 11) is 0. The number of nitrogens with one attached hydrogen (secondary N) is 1. The molecule has 0 saturated heterocycles. The number of nitrogens with zero attached hydrogens (tertiary/aromatic N) is 2. The van der Waals surface area contributed by atoms with Crippen LogP contribution in [0.15, 0.2) is 30.5 Å². The van der Waals surface area contributed by atoms with E-state index in [9.17, 15) is 0 Å². The lowest BCUT2D eigenvalue weighted by Crippen LogP contribution is -2.30. The van der Waals surface area contributed by atoms with Crippen LogP contribution in [0.25, 0.3) is 0 Å². The minimum atomic E-state index is 0.0925. The molecule has 2 aromatic rings. The minimum Gasteiger partial charge on any atom is -0.271 e. The lowest BCUT2D eigenvalue weighted by Gasteiger charge is -2.28. The molecule has 5 heteroatoms. The van der Waals surface area contributed by atoms with E-state index in [0.717, 1.165) is 12.1 Å². The number of nitrogens with two attached hydrogens (primary N) is 1. The zero-order valence-corrected chi connectivity index (χ0v) is 11.6. The highest BCUT2D eigenvalue weighted by atomic mass is 32.1. The number of hydrogen-bond acceptors (Lipinski definition) is 5. The monoisotopic (exact) mass is 274 g/mol. The van der Waals surface area contributed by atoms with Gasteiger partial charge in [-0.3, -0.25) is 11.3 Å². The Kier molecular flexibility index (Phi) is 3.87. The zero-order valence-electron chi connectivity index (χ0n) is 10.7. The first-order valence-electron chi connectivity index (χ1n) is 6.70. The van der Waals surface area contributed by atoms with Gasteiger partial charge in [0.15, 0.2) is 0 Å². The van der Waals surface area contributed by atoms with E-state index in [1.165, 1.54) is 42.1 Å². The van der Waals surface area contributed by atoms with Gasteiger partial charge in [0.1, 0.15) is 0 Å². The van der Waals surface area contributed by atoms with Crippen LogP contribution in [0.1, 0.15) is 48.0 Å². The van der Waals surface area contributed by atoms with Gasteiger partial charge in [0.2, 0.25) is 0 Å². The Balaban J connectivity index is 1.80. The number of fused-ring (bicyclic) bond motifs is 1. The third kappa shape index (κ3) is 2.68. The second-order valence-corrected chi connectivity index (χ2v) is 5.63. The van der Waals surface area contributed by atoms with Gasteiger partial charge in [0, 0.05) is 0 Å². The lowest BCUT2D eigenvalue weighted by molar-refractivity contribution is 0.421. The maximum atomic E-state index is 5.69. The van der Waals surface area contributed by atoms with E-state index in [-0.39, 0.29) is 6.04 Å². The number of hydrogen-bond donors (Lipinski definition) is 2. The molecule has 100 valence electrons. The minimum absolute atomic E-state index is 0.0925. The van der Waals surface area contributed by atoms with Gasteiger partial charge in [-0.15, -0.1) is 0 Å². The van der Waals surface area contributed by atoms with Crippen LogP contribution in [0, 0.1) is 0 Å². The maximum absolute atomic E-state index is 5.69. The molecule has 0 aliphatic heterocycles. The molecule has 1 aliphatic rings. The van der Waals surface area contributed by atoms with E-state index in [4.69, 9.17) is 5.84 Å². The summed E-state index contributed by atoms with van der Waals surface area (Å²) in [6.07, 6.45) is 6.48. The number of hydrazine groups is 1. The molecule has 3 N–H and O–H groups in total. The fourth-order valence-electron chi connectivity index (χ4n) is 2.98. The number of benzene rings is 1. The summed E-state index contributed by atoms with van der Waals surface area (Å²) >= 11 is 1.24. The topological polar surface area (TPSA) is 63.8 Å². The van der Waals surface area contributed by atoms with Gasteiger partial charge in [0.05, 0.1) is 29.7 Å². The van der Waals surface area contributed by atoms with E-state index in [1.807, 2.05) is 6.20 Å². The summed E-state index contributed by atoms with van der Waals surface area (Å²) in [6, 6.07) is 8.86. The fraction of sp³-hybridized carbons (Fsp3) is 0.429. The average molecular weight is 274 g/mol. The van der Waals surface area contributed by atoms with Crippen molar-refractivity contribution >= 4 is 11.7 Å². The number of aromatic nitrogens is 2. The Morgan fingerprint density at radius 3 is 3.11 bits per heavy atom. The van der Waals surface area contributed by atoms with Gasteiger partial charge < -0.3 is 0 Å². The molecule has 2 unspecified atom stereocenters. The van der Waals surface area contributed by atoms with Gasteiger partial charge >= 0.3 is 0 Å². The Morgan fingerprint density at radius 1 is 1.42 bits per heavy atom. The SMILES string of the molecule is NNC(CC1CCCc2ccccc21)c1cnsn1. The molecule has 2 atom stereocenters. The van der Waals surface area contributed by atoms with E-state index in [1.54, 1.807) is 0 Å². The predicted octanol–water partition coefficient (Wildman–Crippen LogP) is 2.55. The molecule has 1 aromatic carbocycles. The highest BCUT2D eigenvalue weighted by Gasteiger charge is 2.24. The zero-order chi connectivity index (χ0) is 13.1. The fourth-order valence-corrected chi connectivity index (χ4v) is 3.45. The Bertz CT molecular complexity index is 526. The number of rotatable bonds is 4. The van der Waals surface area contributed by atoms with E-state index >= 15 is 0 Å². The number of aryl methyl sites for hydroxylation is 1. The van der Waals surface area contributed by atoms with E-state index in [0.29, 0.717) is 5.92 Å². The van der Waals surface area contributed by atoms with Crippen LogP contribution in [0.2, 0.25) is 0 Å². The molecule has 1 heterocycles. The maximum Gasteiger partial charge on any atom is 0.0925 e. The predicted molar refractivity (Wildman–Crippen MR) is 76.7 cm³/mol. The molecule has 4 nitrogen and oxygen atoms in total. The van der Waals surface area contributed by atoms with Crippen molar-refractivity contribution < 1.29 is 0 Å². The van der Waals surface area contributed by atoms with Crippen molar-refractivity contribution in [2.24, 2.45) is 5.84 Å². The molecule has 1 aromatic heterocycles. The molecule has 0 spiro atoms. The summed E-state index contributed by atoms with van der Waals surface area (Å²) in [4.78, 5) is 0. The highest BCUT2D eigenvalue weighted by Crippen LogP contribution is 2.37. The molecule has 3 rings (SSSR count). The summed E-state index contributed by atoms with van der Waals surface area (Å²) in [5, 5.41) is 0. The largest absolute Gasteiger partial charge is 0.271 e. The van der Waals surface area contributed by atoms with Crippen LogP contribution in [0.5, 0.6) is 0 Å². The van der Waals surface area contributed by atoms with Crippen molar-refractivity contribution in [2.45, 2.75) is 37.6 Å². The van der Waals surface area contributed by atoms with E-state index < -0.39 is 0 Å². The van der Waals surface area contributed by atoms with Gasteiger partial charge in [0.25, 0.3) is 0 Å². The van der Waals surface area contributed by atoms with Crippen molar-refractivity contribution in [3.63, 3.8) is 0 Å². The normalized spacial score (nSPS) is 19.9. The quantitative estimate of drug-likeness (QED) is 0.664. The van der Waals surface area contributed by atoms with Crippen molar-refractivity contribution in [1.29, 1.82) is 0 Å². The molecule has 0 saturated carbocycles. The highest BCUT2D eigenvalue weighted by molar-refractivity contribution is 6.99. The standard InChI is InChI=1S/C14H18N4S/c15-17-13(14-9-16-19-18-14)8-11-6-3-5-10-4-1-2-7-12(10)11/h1-2,4,7,9,11,13,17H,3,5-6,8,15H2. The summed E-state index contributed by atoms with van der Waals surface area (Å²) in [5.41, 5.74) is 6.82. The molecule has 0 bridgehead atoms. The lowest BCUT2D eigenvalue weighted by atomic mass is 9.79. The van der Waals surface area contributed by atoms with Crippen LogP contribution in [0.3, 0.4) is 0 Å².